The van der Waals surface area contributed by atoms with Gasteiger partial charge < -0.3 is 19.5 Å². The summed E-state index contributed by atoms with van der Waals surface area (Å²) in [7, 11) is 3.14. The number of hydrogen-bond acceptors (Lipinski definition) is 7. The number of nitrogens with one attached hydrogen (secondary N) is 1. The Kier molecular flexibility index (Phi) is 6.39. The van der Waals surface area contributed by atoms with Crippen LogP contribution in [0.4, 0.5) is 5.69 Å². The smallest absolute Gasteiger partial charge is 0.230 e. The van der Waals surface area contributed by atoms with Gasteiger partial charge in [0.1, 0.15) is 12.1 Å². The molecular weight excluding hydrogens is 422 g/mol. The van der Waals surface area contributed by atoms with E-state index >= 15 is 0 Å². The molecule has 33 heavy (non-hydrogen) atoms. The molecule has 0 aliphatic heterocycles. The second kappa shape index (κ2) is 9.56. The number of ether oxygens (including phenoxy) is 3. The third kappa shape index (κ3) is 5.03. The minimum Gasteiger partial charge on any atom is -0.493 e. The van der Waals surface area contributed by atoms with Gasteiger partial charge in [0.25, 0.3) is 0 Å². The van der Waals surface area contributed by atoms with E-state index in [4.69, 9.17) is 14.2 Å². The minimum atomic E-state index is -0.116. The lowest BCUT2D eigenvalue weighted by Crippen LogP contribution is -2.14. The average molecular weight is 447 g/mol. The maximum atomic E-state index is 12.4. The van der Waals surface area contributed by atoms with Crippen molar-refractivity contribution in [3.8, 4) is 23.1 Å². The van der Waals surface area contributed by atoms with E-state index in [0.29, 0.717) is 39.7 Å². The Labute approximate surface area is 191 Å². The molecule has 0 unspecified atom stereocenters. The van der Waals surface area contributed by atoms with Crippen LogP contribution in [0.1, 0.15) is 25.5 Å². The van der Waals surface area contributed by atoms with Crippen molar-refractivity contribution < 1.29 is 19.0 Å². The van der Waals surface area contributed by atoms with E-state index in [0.717, 1.165) is 5.56 Å². The van der Waals surface area contributed by atoms with Crippen LogP contribution in [0, 0.1) is 0 Å². The number of aromatic nitrogens is 4. The molecule has 0 bridgehead atoms. The van der Waals surface area contributed by atoms with Crippen LogP contribution < -0.4 is 19.5 Å². The summed E-state index contributed by atoms with van der Waals surface area (Å²) in [6.07, 6.45) is 5.29. The lowest BCUT2D eigenvalue weighted by atomic mass is 10.2. The molecule has 170 valence electrons. The fourth-order valence-corrected chi connectivity index (χ4v) is 3.30. The van der Waals surface area contributed by atoms with Crippen molar-refractivity contribution in [1.82, 2.24) is 19.7 Å². The molecule has 4 rings (SSSR count). The first kappa shape index (κ1) is 22.1. The Morgan fingerprint density at radius 2 is 1.79 bits per heavy atom. The standard InChI is InChI=1S/C24H25N5O4/c1-15(2)29-13-16(12-27-29)9-23(30)28-17-5-7-18(8-6-17)33-24-19-10-21(31-3)22(32-4)11-20(19)25-14-26-24/h5-8,10-15H,9H2,1-4H3,(H,28,30). The molecule has 9 heteroatoms. The van der Waals surface area contributed by atoms with Crippen LogP contribution in [0.15, 0.2) is 55.1 Å². The highest BCUT2D eigenvalue weighted by atomic mass is 16.5. The quantitative estimate of drug-likeness (QED) is 0.427. The van der Waals surface area contributed by atoms with Gasteiger partial charge in [-0.25, -0.2) is 9.97 Å². The molecule has 0 spiro atoms. The highest BCUT2D eigenvalue weighted by molar-refractivity contribution is 5.92. The van der Waals surface area contributed by atoms with E-state index in [9.17, 15) is 4.79 Å². The monoisotopic (exact) mass is 447 g/mol. The highest BCUT2D eigenvalue weighted by Gasteiger charge is 2.13. The molecule has 2 aromatic heterocycles. The number of hydrogen-bond donors (Lipinski definition) is 1. The topological polar surface area (TPSA) is 100 Å². The zero-order chi connectivity index (χ0) is 23.4. The van der Waals surface area contributed by atoms with E-state index in [1.807, 2.05) is 24.7 Å². The lowest BCUT2D eigenvalue weighted by molar-refractivity contribution is -0.115. The van der Waals surface area contributed by atoms with Crippen LogP contribution in [0.2, 0.25) is 0 Å². The van der Waals surface area contributed by atoms with Crippen LogP contribution in [-0.2, 0) is 11.2 Å². The van der Waals surface area contributed by atoms with Crippen molar-refractivity contribution >= 4 is 22.5 Å². The second-order valence-electron chi connectivity index (χ2n) is 7.68. The van der Waals surface area contributed by atoms with Gasteiger partial charge in [0.2, 0.25) is 11.8 Å². The number of nitrogens with zero attached hydrogens (tertiary/aromatic N) is 4. The zero-order valence-electron chi connectivity index (χ0n) is 18.9. The molecule has 1 N–H and O–H groups in total. The average Bonchev–Trinajstić information content (AvgIpc) is 3.28. The predicted molar refractivity (Wildman–Crippen MR) is 124 cm³/mol. The fourth-order valence-electron chi connectivity index (χ4n) is 3.30. The van der Waals surface area contributed by atoms with Gasteiger partial charge in [0, 0.05) is 24.0 Å². The van der Waals surface area contributed by atoms with Crippen LogP contribution in [0.25, 0.3) is 10.9 Å². The van der Waals surface area contributed by atoms with Crippen molar-refractivity contribution in [3.05, 3.63) is 60.7 Å². The van der Waals surface area contributed by atoms with Gasteiger partial charge in [-0.1, -0.05) is 0 Å². The van der Waals surface area contributed by atoms with Gasteiger partial charge in [0.05, 0.1) is 37.7 Å². The van der Waals surface area contributed by atoms with Crippen molar-refractivity contribution in [2.24, 2.45) is 0 Å². The molecule has 0 saturated carbocycles. The molecule has 2 aromatic carbocycles. The second-order valence-corrected chi connectivity index (χ2v) is 7.68. The van der Waals surface area contributed by atoms with Gasteiger partial charge in [-0.3, -0.25) is 9.48 Å². The number of carbonyl (C=O) groups is 1. The largest absolute Gasteiger partial charge is 0.493 e. The van der Waals surface area contributed by atoms with Crippen LogP contribution >= 0.6 is 0 Å². The first-order chi connectivity index (χ1) is 16.0. The molecule has 2 heterocycles. The molecule has 4 aromatic rings. The number of benzene rings is 2. The molecule has 0 radical (unpaired) electrons. The van der Waals surface area contributed by atoms with E-state index in [2.05, 4.69) is 20.4 Å². The minimum absolute atomic E-state index is 0.116. The molecule has 0 fully saturated rings. The third-order valence-corrected chi connectivity index (χ3v) is 5.01. The molecule has 0 aliphatic rings. The number of methoxy groups -OCH3 is 2. The van der Waals surface area contributed by atoms with Gasteiger partial charge in [-0.2, -0.15) is 5.10 Å². The first-order valence-corrected chi connectivity index (χ1v) is 10.4. The first-order valence-electron chi connectivity index (χ1n) is 10.4. The van der Waals surface area contributed by atoms with Crippen LogP contribution in [0.5, 0.6) is 23.1 Å². The number of fused-ring (bicyclic) bond motifs is 1. The SMILES string of the molecule is COc1cc2ncnc(Oc3ccc(NC(=O)Cc4cnn(C(C)C)c4)cc3)c2cc1OC. The van der Waals surface area contributed by atoms with Crippen molar-refractivity contribution in [2.75, 3.05) is 19.5 Å². The Morgan fingerprint density at radius 1 is 1.06 bits per heavy atom. The van der Waals surface area contributed by atoms with Gasteiger partial charge >= 0.3 is 0 Å². The molecule has 0 saturated heterocycles. The van der Waals surface area contributed by atoms with Gasteiger partial charge in [-0.05, 0) is 49.7 Å². The zero-order valence-corrected chi connectivity index (χ0v) is 18.9. The Morgan fingerprint density at radius 3 is 2.45 bits per heavy atom. The predicted octanol–water partition coefficient (Wildman–Crippen LogP) is 4.40. The summed E-state index contributed by atoms with van der Waals surface area (Å²) < 4.78 is 18.5. The summed E-state index contributed by atoms with van der Waals surface area (Å²) in [5.41, 5.74) is 2.20. The van der Waals surface area contributed by atoms with E-state index in [1.165, 1.54) is 6.33 Å². The summed E-state index contributed by atoms with van der Waals surface area (Å²) in [6.45, 7) is 4.08. The highest BCUT2D eigenvalue weighted by Crippen LogP contribution is 2.35. The Balaban J connectivity index is 1.45. The van der Waals surface area contributed by atoms with Gasteiger partial charge in [0.15, 0.2) is 11.5 Å². The van der Waals surface area contributed by atoms with Crippen molar-refractivity contribution in [3.63, 3.8) is 0 Å². The van der Waals surface area contributed by atoms with Crippen LogP contribution in [0.3, 0.4) is 0 Å². The summed E-state index contributed by atoms with van der Waals surface area (Å²) in [5.74, 6) is 1.98. The molecule has 0 atom stereocenters. The summed E-state index contributed by atoms with van der Waals surface area (Å²) >= 11 is 0. The molecule has 0 aliphatic carbocycles. The summed E-state index contributed by atoms with van der Waals surface area (Å²) in [6, 6.07) is 10.9. The fraction of sp³-hybridized carbons (Fsp3) is 0.250. The summed E-state index contributed by atoms with van der Waals surface area (Å²) in [5, 5.41) is 7.84. The lowest BCUT2D eigenvalue weighted by Gasteiger charge is -2.12. The molecular formula is C24H25N5O4. The number of rotatable bonds is 8. The van der Waals surface area contributed by atoms with Crippen LogP contribution in [-0.4, -0.2) is 39.9 Å². The third-order valence-electron chi connectivity index (χ3n) is 5.01. The number of carbonyl (C=O) groups excluding carboxylic acids is 1. The Hall–Kier alpha value is -4.14. The number of amides is 1. The maximum Gasteiger partial charge on any atom is 0.230 e. The van der Waals surface area contributed by atoms with Gasteiger partial charge in [-0.15, -0.1) is 0 Å². The van der Waals surface area contributed by atoms with E-state index in [-0.39, 0.29) is 18.4 Å². The normalized spacial score (nSPS) is 10.9. The van der Waals surface area contributed by atoms with E-state index < -0.39 is 0 Å². The van der Waals surface area contributed by atoms with E-state index in [1.54, 1.807) is 56.8 Å². The summed E-state index contributed by atoms with van der Waals surface area (Å²) in [4.78, 5) is 20.9. The maximum absolute atomic E-state index is 12.4. The van der Waals surface area contributed by atoms with Crippen molar-refractivity contribution in [2.45, 2.75) is 26.3 Å². The molecule has 9 nitrogen and oxygen atoms in total. The number of anilines is 1. The molecule has 1 amide bonds. The van der Waals surface area contributed by atoms with Crippen molar-refractivity contribution in [1.29, 1.82) is 0 Å². The Bertz CT molecular complexity index is 1270.